The molecule has 0 saturated carbocycles. The molecule has 0 aliphatic rings. The van der Waals surface area contributed by atoms with E-state index in [1.807, 2.05) is 6.92 Å². The van der Waals surface area contributed by atoms with E-state index in [0.29, 0.717) is 36.8 Å². The number of carbonyl (C=O) groups is 7. The molecule has 2 aromatic carbocycles. The molecule has 0 aliphatic heterocycles. The summed E-state index contributed by atoms with van der Waals surface area (Å²) in [6.07, 6.45) is 2.66. The SMILES string of the molecule is CCCCC[C@@H](C(=O)NCNC(=O)c1ccc(-c2ccc(C(=O)N[C@@H](CC(=O)O)C(=O)O)c(OCC)c2)o1)[C@@H](CC)N(C=O)OC(=O)c1ccccc1C. The van der Waals surface area contributed by atoms with Crippen LogP contribution in [0.3, 0.4) is 0 Å². The van der Waals surface area contributed by atoms with Crippen molar-refractivity contribution in [2.45, 2.75) is 78.3 Å². The summed E-state index contributed by atoms with van der Waals surface area (Å²) in [5, 5.41) is 26.6. The Bertz CT molecular complexity index is 1810. The summed E-state index contributed by atoms with van der Waals surface area (Å²) in [5.74, 6) is -6.19. The van der Waals surface area contributed by atoms with Crippen LogP contribution in [0.15, 0.2) is 59.0 Å². The number of carboxylic acids is 2. The largest absolute Gasteiger partial charge is 0.493 e. The lowest BCUT2D eigenvalue weighted by Crippen LogP contribution is -2.49. The molecule has 3 atom stereocenters. The number of aryl methyl sites for hydroxylation is 1. The lowest BCUT2D eigenvalue weighted by atomic mass is 9.90. The van der Waals surface area contributed by atoms with Crippen molar-refractivity contribution in [2.75, 3.05) is 13.3 Å². The minimum atomic E-state index is -1.67. The molecule has 0 aliphatic carbocycles. The first-order valence-corrected chi connectivity index (χ1v) is 17.5. The molecule has 290 valence electrons. The van der Waals surface area contributed by atoms with E-state index in [0.717, 1.165) is 17.9 Å². The van der Waals surface area contributed by atoms with Gasteiger partial charge in [0.25, 0.3) is 11.8 Å². The topological polar surface area (TPSA) is 231 Å². The summed E-state index contributed by atoms with van der Waals surface area (Å²) in [4.78, 5) is 92.4. The molecule has 0 spiro atoms. The molecule has 5 N–H and O–H groups in total. The van der Waals surface area contributed by atoms with Crippen LogP contribution in [0.5, 0.6) is 5.75 Å². The molecule has 0 unspecified atom stereocenters. The van der Waals surface area contributed by atoms with Crippen LogP contribution in [-0.2, 0) is 24.0 Å². The number of nitrogens with zero attached hydrogens (tertiary/aromatic N) is 1. The van der Waals surface area contributed by atoms with Crippen LogP contribution >= 0.6 is 0 Å². The van der Waals surface area contributed by atoms with Gasteiger partial charge >= 0.3 is 17.9 Å². The molecule has 1 aromatic heterocycles. The number of rotatable bonds is 22. The van der Waals surface area contributed by atoms with Crippen molar-refractivity contribution in [1.29, 1.82) is 0 Å². The Kier molecular flexibility index (Phi) is 16.2. The summed E-state index contributed by atoms with van der Waals surface area (Å²) in [6.45, 7) is 7.06. The van der Waals surface area contributed by atoms with Crippen molar-refractivity contribution in [3.05, 3.63) is 77.0 Å². The third kappa shape index (κ3) is 11.7. The third-order valence-corrected chi connectivity index (χ3v) is 8.46. The molecule has 0 fully saturated rings. The number of aliphatic carboxylic acids is 2. The fourth-order valence-electron chi connectivity index (χ4n) is 5.66. The zero-order valence-corrected chi connectivity index (χ0v) is 30.6. The molecule has 54 heavy (non-hydrogen) atoms. The number of hydroxylamine groups is 2. The molecule has 0 radical (unpaired) electrons. The molecule has 16 nitrogen and oxygen atoms in total. The van der Waals surface area contributed by atoms with E-state index in [1.165, 1.54) is 30.3 Å². The smallest absolute Gasteiger partial charge is 0.363 e. The van der Waals surface area contributed by atoms with Crippen LogP contribution in [0.25, 0.3) is 11.3 Å². The zero-order chi connectivity index (χ0) is 39.8. The predicted octanol–water partition coefficient (Wildman–Crippen LogP) is 4.32. The van der Waals surface area contributed by atoms with Crippen LogP contribution < -0.4 is 20.7 Å². The van der Waals surface area contributed by atoms with Crippen LogP contribution in [0, 0.1) is 12.8 Å². The number of benzene rings is 2. The number of ether oxygens (including phenoxy) is 1. The highest BCUT2D eigenvalue weighted by Gasteiger charge is 2.34. The number of carboxylic acid groups (broad SMARTS) is 2. The minimum absolute atomic E-state index is 0.0449. The van der Waals surface area contributed by atoms with Crippen LogP contribution in [0.1, 0.15) is 96.1 Å². The van der Waals surface area contributed by atoms with E-state index in [1.54, 1.807) is 45.0 Å². The number of nitrogens with one attached hydrogen (secondary N) is 3. The maximum absolute atomic E-state index is 13.5. The van der Waals surface area contributed by atoms with Gasteiger partial charge in [0.15, 0.2) is 5.76 Å². The molecule has 3 rings (SSSR count). The van der Waals surface area contributed by atoms with E-state index in [4.69, 9.17) is 19.1 Å². The van der Waals surface area contributed by atoms with Gasteiger partial charge in [-0.2, -0.15) is 5.06 Å². The van der Waals surface area contributed by atoms with E-state index in [2.05, 4.69) is 16.0 Å². The number of unbranched alkanes of at least 4 members (excludes halogenated alkanes) is 2. The summed E-state index contributed by atoms with van der Waals surface area (Å²) in [5.41, 5.74) is 1.32. The van der Waals surface area contributed by atoms with E-state index >= 15 is 0 Å². The van der Waals surface area contributed by atoms with E-state index in [9.17, 15) is 38.7 Å². The van der Waals surface area contributed by atoms with Crippen molar-refractivity contribution in [2.24, 2.45) is 5.92 Å². The average molecular weight is 751 g/mol. The maximum Gasteiger partial charge on any atom is 0.363 e. The van der Waals surface area contributed by atoms with Crippen molar-refractivity contribution >= 4 is 42.0 Å². The van der Waals surface area contributed by atoms with Gasteiger partial charge in [-0.3, -0.25) is 24.0 Å². The lowest BCUT2D eigenvalue weighted by molar-refractivity contribution is -0.171. The minimum Gasteiger partial charge on any atom is -0.493 e. The predicted molar refractivity (Wildman–Crippen MR) is 193 cm³/mol. The fourth-order valence-corrected chi connectivity index (χ4v) is 5.66. The van der Waals surface area contributed by atoms with Crippen LogP contribution in [-0.4, -0.2) is 82.7 Å². The first-order valence-electron chi connectivity index (χ1n) is 17.5. The molecule has 3 aromatic rings. The molecule has 4 amide bonds. The Morgan fingerprint density at radius 1 is 0.907 bits per heavy atom. The van der Waals surface area contributed by atoms with Crippen LogP contribution in [0.2, 0.25) is 0 Å². The summed E-state index contributed by atoms with van der Waals surface area (Å²) in [6, 6.07) is 11.5. The second-order valence-electron chi connectivity index (χ2n) is 12.2. The van der Waals surface area contributed by atoms with Gasteiger partial charge in [-0.15, -0.1) is 0 Å². The van der Waals surface area contributed by atoms with Crippen molar-refractivity contribution < 1.29 is 57.8 Å². The fraction of sp³-hybridized carbons (Fsp3) is 0.395. The van der Waals surface area contributed by atoms with Crippen LogP contribution in [0.4, 0.5) is 0 Å². The Hall–Kier alpha value is -6.19. The highest BCUT2D eigenvalue weighted by Crippen LogP contribution is 2.29. The quantitative estimate of drug-likeness (QED) is 0.0418. The highest BCUT2D eigenvalue weighted by molar-refractivity contribution is 6.00. The van der Waals surface area contributed by atoms with E-state index in [-0.39, 0.29) is 41.7 Å². The molecule has 1 heterocycles. The number of carbonyl (C=O) groups excluding carboxylic acids is 5. The first kappa shape index (κ1) is 42.2. The Balaban J connectivity index is 1.69. The van der Waals surface area contributed by atoms with Gasteiger partial charge in [0, 0.05) is 5.56 Å². The molecule has 0 bridgehead atoms. The second-order valence-corrected chi connectivity index (χ2v) is 12.2. The normalized spacial score (nSPS) is 12.4. The van der Waals surface area contributed by atoms with E-state index < -0.39 is 60.1 Å². The zero-order valence-electron chi connectivity index (χ0n) is 30.6. The third-order valence-electron chi connectivity index (χ3n) is 8.46. The standard InChI is InChI=1S/C38H46N4O12/c1-5-8-9-14-26(29(6-2)42(22-43)54-38(51)25-13-11-10-12-23(25)4)34(46)39-21-40-36(48)31-18-17-30(53-31)24-15-16-27(32(19-24)52-7-3)35(47)41-28(37(49)50)20-33(44)45/h10-13,15-19,22,26,28-29H,5-9,14,20-21H2,1-4H3,(H,39,46)(H,40,48)(H,41,47)(H,44,45)(H,49,50)/t26-,28+,29-/m1/s1. The molecular weight excluding hydrogens is 704 g/mol. The van der Waals surface area contributed by atoms with Gasteiger partial charge in [-0.05, 0) is 62.6 Å². The highest BCUT2D eigenvalue weighted by atomic mass is 16.7. The van der Waals surface area contributed by atoms with Gasteiger partial charge in [-0.1, -0.05) is 57.4 Å². The Morgan fingerprint density at radius 3 is 2.28 bits per heavy atom. The second kappa shape index (κ2) is 20.7. The summed E-state index contributed by atoms with van der Waals surface area (Å²) < 4.78 is 11.3. The number of amides is 4. The van der Waals surface area contributed by atoms with Gasteiger partial charge in [0.2, 0.25) is 12.3 Å². The molecule has 16 heteroatoms. The Labute approximate surface area is 312 Å². The monoisotopic (exact) mass is 750 g/mol. The van der Waals surface area contributed by atoms with Gasteiger partial charge < -0.3 is 40.2 Å². The first-order chi connectivity index (χ1) is 25.8. The number of hydrogen-bond acceptors (Lipinski definition) is 10. The van der Waals surface area contributed by atoms with Crippen molar-refractivity contribution in [3.8, 4) is 17.1 Å². The average Bonchev–Trinajstić information content (AvgIpc) is 3.64. The number of furan rings is 1. The van der Waals surface area contributed by atoms with Crippen molar-refractivity contribution in [3.63, 3.8) is 0 Å². The molecule has 0 saturated heterocycles. The molecular formula is C38H46N4O12. The van der Waals surface area contributed by atoms with Gasteiger partial charge in [0.1, 0.15) is 17.6 Å². The number of hydrogen-bond donors (Lipinski definition) is 5. The van der Waals surface area contributed by atoms with Gasteiger partial charge in [-0.25, -0.2) is 9.59 Å². The van der Waals surface area contributed by atoms with Crippen molar-refractivity contribution in [1.82, 2.24) is 21.0 Å². The maximum atomic E-state index is 13.5. The summed E-state index contributed by atoms with van der Waals surface area (Å²) >= 11 is 0. The Morgan fingerprint density at radius 2 is 1.65 bits per heavy atom. The van der Waals surface area contributed by atoms with Gasteiger partial charge in [0.05, 0.1) is 42.8 Å². The lowest BCUT2D eigenvalue weighted by Gasteiger charge is -2.32. The summed E-state index contributed by atoms with van der Waals surface area (Å²) in [7, 11) is 0.